The zero-order valence-electron chi connectivity index (χ0n) is 12.2. The van der Waals surface area contributed by atoms with Crippen LogP contribution < -0.4 is 0 Å². The molecule has 0 bridgehead atoms. The van der Waals surface area contributed by atoms with Gasteiger partial charge in [-0.15, -0.1) is 0 Å². The van der Waals surface area contributed by atoms with Crippen molar-refractivity contribution in [1.29, 1.82) is 0 Å². The first-order chi connectivity index (χ1) is 9.36. The van der Waals surface area contributed by atoms with Crippen LogP contribution in [0.3, 0.4) is 0 Å². The van der Waals surface area contributed by atoms with Gasteiger partial charge in [-0.1, -0.05) is 75.9 Å². The Morgan fingerprint density at radius 3 is 2.00 bits per heavy atom. The predicted molar refractivity (Wildman–Crippen MR) is 82.2 cm³/mol. The standard InChI is InChI=1S/C12H20O.C6H6/c1-3-5-7-11(4-2)10-12-8-6-9-13-12;1-2-4-6-5-3-1/h6,8-9,11H,3-5,7,10H2,1-2H3;1-6H. The Bertz CT molecular complexity index is 351. The molecule has 19 heavy (non-hydrogen) atoms. The molecule has 0 aliphatic rings. The van der Waals surface area contributed by atoms with Gasteiger partial charge in [0.15, 0.2) is 0 Å². The lowest BCUT2D eigenvalue weighted by Gasteiger charge is -2.11. The Labute approximate surface area is 117 Å². The number of hydrogen-bond donors (Lipinski definition) is 0. The molecule has 1 aromatic carbocycles. The van der Waals surface area contributed by atoms with E-state index in [1.807, 2.05) is 42.5 Å². The van der Waals surface area contributed by atoms with E-state index in [1.54, 1.807) is 6.26 Å². The molecular weight excluding hydrogens is 232 g/mol. The molecular formula is C18H26O. The van der Waals surface area contributed by atoms with Gasteiger partial charge in [-0.05, 0) is 18.1 Å². The van der Waals surface area contributed by atoms with Crippen molar-refractivity contribution >= 4 is 0 Å². The SMILES string of the molecule is CCCCC(CC)Cc1ccco1.c1ccccc1. The van der Waals surface area contributed by atoms with Crippen LogP contribution in [0.1, 0.15) is 45.3 Å². The van der Waals surface area contributed by atoms with E-state index >= 15 is 0 Å². The van der Waals surface area contributed by atoms with E-state index in [-0.39, 0.29) is 0 Å². The summed E-state index contributed by atoms with van der Waals surface area (Å²) in [7, 11) is 0. The first-order valence-corrected chi connectivity index (χ1v) is 7.39. The van der Waals surface area contributed by atoms with Gasteiger partial charge in [-0.3, -0.25) is 0 Å². The second-order valence-corrected chi connectivity index (χ2v) is 4.85. The fraction of sp³-hybridized carbons (Fsp3) is 0.444. The molecule has 0 spiro atoms. The Hall–Kier alpha value is -1.50. The van der Waals surface area contributed by atoms with Gasteiger partial charge >= 0.3 is 0 Å². The van der Waals surface area contributed by atoms with Crippen LogP contribution in [0.5, 0.6) is 0 Å². The minimum absolute atomic E-state index is 0.811. The van der Waals surface area contributed by atoms with Crippen LogP contribution in [0, 0.1) is 5.92 Å². The molecule has 1 aromatic heterocycles. The predicted octanol–water partition coefficient (Wildman–Crippen LogP) is 5.73. The van der Waals surface area contributed by atoms with Crippen molar-refractivity contribution in [2.45, 2.75) is 46.0 Å². The molecule has 0 N–H and O–H groups in total. The lowest BCUT2D eigenvalue weighted by Crippen LogP contribution is -2.02. The Morgan fingerprint density at radius 1 is 0.947 bits per heavy atom. The molecule has 0 amide bonds. The summed E-state index contributed by atoms with van der Waals surface area (Å²) in [5.74, 6) is 1.95. The molecule has 1 atom stereocenters. The lowest BCUT2D eigenvalue weighted by atomic mass is 9.95. The van der Waals surface area contributed by atoms with Gasteiger partial charge in [-0.2, -0.15) is 0 Å². The largest absolute Gasteiger partial charge is 0.469 e. The second-order valence-electron chi connectivity index (χ2n) is 4.85. The van der Waals surface area contributed by atoms with Crippen LogP contribution in [0.2, 0.25) is 0 Å². The van der Waals surface area contributed by atoms with Crippen molar-refractivity contribution in [1.82, 2.24) is 0 Å². The molecule has 1 heterocycles. The summed E-state index contributed by atoms with van der Waals surface area (Å²) >= 11 is 0. The maximum Gasteiger partial charge on any atom is 0.104 e. The van der Waals surface area contributed by atoms with Gasteiger partial charge in [0.25, 0.3) is 0 Å². The highest BCUT2D eigenvalue weighted by atomic mass is 16.3. The van der Waals surface area contributed by atoms with Crippen molar-refractivity contribution in [2.75, 3.05) is 0 Å². The highest BCUT2D eigenvalue weighted by molar-refractivity contribution is 4.99. The van der Waals surface area contributed by atoms with Gasteiger partial charge in [0.2, 0.25) is 0 Å². The normalized spacial score (nSPS) is 11.5. The quantitative estimate of drug-likeness (QED) is 0.645. The van der Waals surface area contributed by atoms with Crippen LogP contribution >= 0.6 is 0 Å². The number of unbranched alkanes of at least 4 members (excludes halogenated alkanes) is 1. The Balaban J connectivity index is 0.000000250. The first kappa shape index (κ1) is 15.6. The zero-order valence-corrected chi connectivity index (χ0v) is 12.2. The second kappa shape index (κ2) is 10.4. The van der Waals surface area contributed by atoms with Crippen LogP contribution in [-0.4, -0.2) is 0 Å². The lowest BCUT2D eigenvalue weighted by molar-refractivity contribution is 0.399. The molecule has 0 saturated carbocycles. The van der Waals surface area contributed by atoms with Gasteiger partial charge in [0, 0.05) is 6.42 Å². The van der Waals surface area contributed by atoms with E-state index in [0.29, 0.717) is 0 Å². The average Bonchev–Trinajstić information content (AvgIpc) is 2.99. The number of furan rings is 1. The van der Waals surface area contributed by atoms with E-state index in [4.69, 9.17) is 4.42 Å². The molecule has 1 heteroatoms. The maximum atomic E-state index is 5.35. The molecule has 2 rings (SSSR count). The molecule has 104 valence electrons. The van der Waals surface area contributed by atoms with Gasteiger partial charge in [-0.25, -0.2) is 0 Å². The van der Waals surface area contributed by atoms with Crippen LogP contribution in [0.4, 0.5) is 0 Å². The molecule has 0 aliphatic heterocycles. The summed E-state index contributed by atoms with van der Waals surface area (Å²) < 4.78 is 5.35. The van der Waals surface area contributed by atoms with Gasteiger partial charge < -0.3 is 4.42 Å². The summed E-state index contributed by atoms with van der Waals surface area (Å²) in [5.41, 5.74) is 0. The minimum atomic E-state index is 0.811. The van der Waals surface area contributed by atoms with Crippen molar-refractivity contribution in [2.24, 2.45) is 5.92 Å². The van der Waals surface area contributed by atoms with E-state index in [9.17, 15) is 0 Å². The van der Waals surface area contributed by atoms with Crippen molar-refractivity contribution in [3.63, 3.8) is 0 Å². The minimum Gasteiger partial charge on any atom is -0.469 e. The summed E-state index contributed by atoms with van der Waals surface area (Å²) in [5, 5.41) is 0. The fourth-order valence-corrected chi connectivity index (χ4v) is 2.04. The van der Waals surface area contributed by atoms with Crippen molar-refractivity contribution in [3.05, 3.63) is 60.6 Å². The molecule has 0 radical (unpaired) electrons. The third-order valence-corrected chi connectivity index (χ3v) is 3.28. The maximum absolute atomic E-state index is 5.35. The van der Waals surface area contributed by atoms with Crippen molar-refractivity contribution in [3.8, 4) is 0 Å². The van der Waals surface area contributed by atoms with Gasteiger partial charge in [0.05, 0.1) is 6.26 Å². The molecule has 2 aromatic rings. The van der Waals surface area contributed by atoms with Crippen molar-refractivity contribution < 1.29 is 4.42 Å². The van der Waals surface area contributed by atoms with E-state index in [0.717, 1.165) is 18.1 Å². The summed E-state index contributed by atoms with van der Waals surface area (Å²) in [4.78, 5) is 0. The van der Waals surface area contributed by atoms with Crippen LogP contribution in [-0.2, 0) is 6.42 Å². The van der Waals surface area contributed by atoms with Crippen LogP contribution in [0.25, 0.3) is 0 Å². The Morgan fingerprint density at radius 2 is 1.58 bits per heavy atom. The molecule has 1 unspecified atom stereocenters. The smallest absolute Gasteiger partial charge is 0.104 e. The Kier molecular flexibility index (Phi) is 8.54. The van der Waals surface area contributed by atoms with E-state index in [1.165, 1.54) is 25.7 Å². The number of benzene rings is 1. The highest BCUT2D eigenvalue weighted by Gasteiger charge is 2.08. The average molecular weight is 258 g/mol. The molecule has 1 nitrogen and oxygen atoms in total. The summed E-state index contributed by atoms with van der Waals surface area (Å²) in [6.07, 6.45) is 8.13. The highest BCUT2D eigenvalue weighted by Crippen LogP contribution is 2.18. The first-order valence-electron chi connectivity index (χ1n) is 7.39. The third kappa shape index (κ3) is 7.50. The summed E-state index contributed by atoms with van der Waals surface area (Å²) in [6.45, 7) is 4.52. The molecule has 0 saturated heterocycles. The third-order valence-electron chi connectivity index (χ3n) is 3.28. The number of rotatable bonds is 6. The monoisotopic (exact) mass is 258 g/mol. The topological polar surface area (TPSA) is 13.1 Å². The fourth-order valence-electron chi connectivity index (χ4n) is 2.04. The van der Waals surface area contributed by atoms with Gasteiger partial charge in [0.1, 0.15) is 5.76 Å². The molecule has 0 aliphatic carbocycles. The molecule has 0 fully saturated rings. The summed E-state index contributed by atoms with van der Waals surface area (Å²) in [6, 6.07) is 16.1. The van der Waals surface area contributed by atoms with Crippen LogP contribution in [0.15, 0.2) is 59.2 Å². The van der Waals surface area contributed by atoms with E-state index in [2.05, 4.69) is 19.9 Å². The number of hydrogen-bond acceptors (Lipinski definition) is 1. The van der Waals surface area contributed by atoms with E-state index < -0.39 is 0 Å². The zero-order chi connectivity index (χ0) is 13.8.